The molecule has 2 saturated carbocycles. The summed E-state index contributed by atoms with van der Waals surface area (Å²) in [5.41, 5.74) is 14.0. The maximum Gasteiger partial charge on any atom is 0.0686 e. The highest BCUT2D eigenvalue weighted by Crippen LogP contribution is 2.47. The molecule has 0 aromatic rings. The number of rotatable bonds is 3. The van der Waals surface area contributed by atoms with Crippen LogP contribution < -0.4 is 27.0 Å². The second-order valence-electron chi connectivity index (χ2n) is 11.2. The summed E-state index contributed by atoms with van der Waals surface area (Å²) in [7, 11) is 0. The topological polar surface area (TPSA) is 83.9 Å². The van der Waals surface area contributed by atoms with E-state index < -0.39 is 0 Å². The Balaban J connectivity index is 1.27. The van der Waals surface area contributed by atoms with Gasteiger partial charge in [-0.3, -0.25) is 21.7 Å². The maximum absolute atomic E-state index is 9.53. The van der Waals surface area contributed by atoms with Crippen LogP contribution in [0.4, 0.5) is 0 Å². The average molecular weight is 401 g/mol. The van der Waals surface area contributed by atoms with E-state index >= 15 is 0 Å². The molecule has 6 heteroatoms. The summed E-state index contributed by atoms with van der Waals surface area (Å²) in [5.74, 6) is 4.56. The maximum atomic E-state index is 9.53. The first kappa shape index (κ1) is 20.2. The Labute approximate surface area is 176 Å². The third kappa shape index (κ3) is 3.74. The van der Waals surface area contributed by atoms with Crippen molar-refractivity contribution in [2.75, 3.05) is 19.6 Å². The Hall–Kier alpha value is -0.710. The van der Waals surface area contributed by atoms with Crippen LogP contribution in [0.5, 0.6) is 0 Å². The number of nitrogens with zero attached hydrogens (tertiary/aromatic N) is 1. The third-order valence-electron chi connectivity index (χ3n) is 9.46. The van der Waals surface area contributed by atoms with E-state index in [1.54, 1.807) is 0 Å². The molecule has 5 aliphatic rings. The summed E-state index contributed by atoms with van der Waals surface area (Å²) < 4.78 is 0. The molecule has 29 heavy (non-hydrogen) atoms. The molecule has 3 heterocycles. The van der Waals surface area contributed by atoms with Crippen LogP contribution in [0.1, 0.15) is 58.8 Å². The van der Waals surface area contributed by atoms with Crippen LogP contribution in [0.2, 0.25) is 0 Å². The van der Waals surface area contributed by atoms with Crippen molar-refractivity contribution in [2.24, 2.45) is 40.9 Å². The summed E-state index contributed by atoms with van der Waals surface area (Å²) in [4.78, 5) is 0. The predicted octanol–water partition coefficient (Wildman–Crippen LogP) is 1.92. The van der Waals surface area contributed by atoms with Crippen molar-refractivity contribution < 1.29 is 0 Å². The van der Waals surface area contributed by atoms with E-state index in [1.165, 1.54) is 44.9 Å². The van der Waals surface area contributed by atoms with Crippen LogP contribution in [-0.4, -0.2) is 37.8 Å². The van der Waals surface area contributed by atoms with Crippen LogP contribution in [0.15, 0.2) is 0 Å². The van der Waals surface area contributed by atoms with Crippen molar-refractivity contribution in [1.29, 1.82) is 5.26 Å². The van der Waals surface area contributed by atoms with E-state index in [0.717, 1.165) is 49.2 Å². The van der Waals surface area contributed by atoms with E-state index in [2.05, 4.69) is 46.9 Å². The Bertz CT molecular complexity index is 615. The number of hydrazine groups is 2. The molecular formula is C23H40N6. The van der Waals surface area contributed by atoms with E-state index in [4.69, 9.17) is 0 Å². The van der Waals surface area contributed by atoms with Crippen molar-refractivity contribution >= 4 is 0 Å². The highest BCUT2D eigenvalue weighted by Gasteiger charge is 2.52. The van der Waals surface area contributed by atoms with Gasteiger partial charge in [0.1, 0.15) is 0 Å². The number of hydrogen-bond donors (Lipinski definition) is 5. The molecule has 0 aromatic heterocycles. The van der Waals surface area contributed by atoms with Gasteiger partial charge in [-0.1, -0.05) is 0 Å². The number of nitriles is 1. The molecule has 3 saturated heterocycles. The zero-order valence-electron chi connectivity index (χ0n) is 18.2. The lowest BCUT2D eigenvalue weighted by atomic mass is 9.61. The first-order valence-corrected chi connectivity index (χ1v) is 12.2. The summed E-state index contributed by atoms with van der Waals surface area (Å²) in [5, 5.41) is 13.4. The van der Waals surface area contributed by atoms with E-state index in [9.17, 15) is 5.26 Å². The SMILES string of the molecule is CC(C)(C#N)C1CCC(C2NNC3CNC4CCC(C5CNNC5)CC4C32)CC1. The fourth-order valence-corrected chi connectivity index (χ4v) is 7.56. The minimum atomic E-state index is -0.172. The standard InChI is InChI=1S/C23H40N6/c1-23(2,13-24)17-6-3-14(4-7-17)22-21-18-9-15(16-10-26-27-11-16)5-8-19(18)25-12-20(21)28-29-22/h14-22,25-29H,3-12H2,1-2H3. The molecule has 2 aliphatic carbocycles. The molecule has 0 bridgehead atoms. The van der Waals surface area contributed by atoms with Gasteiger partial charge in [0.2, 0.25) is 0 Å². The quantitative estimate of drug-likeness (QED) is 0.498. The molecule has 0 spiro atoms. The first-order valence-electron chi connectivity index (χ1n) is 12.2. The number of nitrogens with one attached hydrogen (secondary N) is 5. The van der Waals surface area contributed by atoms with Gasteiger partial charge in [0.25, 0.3) is 0 Å². The van der Waals surface area contributed by atoms with Crippen molar-refractivity contribution in [3.8, 4) is 6.07 Å². The second kappa shape index (κ2) is 8.09. The smallest absolute Gasteiger partial charge is 0.0686 e. The summed E-state index contributed by atoms with van der Waals surface area (Å²) >= 11 is 0. The van der Waals surface area contributed by atoms with Gasteiger partial charge in [0, 0.05) is 37.8 Å². The molecule has 5 rings (SSSR count). The lowest BCUT2D eigenvalue weighted by Crippen LogP contribution is -2.58. The summed E-state index contributed by atoms with van der Waals surface area (Å²) in [6.45, 7) is 7.67. The van der Waals surface area contributed by atoms with Gasteiger partial charge in [-0.05, 0) is 94.3 Å². The number of piperidine rings is 1. The number of fused-ring (bicyclic) bond motifs is 3. The molecule has 6 unspecified atom stereocenters. The summed E-state index contributed by atoms with van der Waals surface area (Å²) in [6.07, 6.45) is 9.13. The van der Waals surface area contributed by atoms with Crippen molar-refractivity contribution in [3.05, 3.63) is 0 Å². The van der Waals surface area contributed by atoms with Gasteiger partial charge in [0.15, 0.2) is 0 Å². The van der Waals surface area contributed by atoms with E-state index in [1.807, 2.05) is 0 Å². The molecule has 162 valence electrons. The average Bonchev–Trinajstić information content (AvgIpc) is 3.43. The Morgan fingerprint density at radius 1 is 0.793 bits per heavy atom. The monoisotopic (exact) mass is 400 g/mol. The van der Waals surface area contributed by atoms with Gasteiger partial charge in [-0.15, -0.1) is 0 Å². The van der Waals surface area contributed by atoms with Crippen LogP contribution in [-0.2, 0) is 0 Å². The second-order valence-corrected chi connectivity index (χ2v) is 11.2. The Morgan fingerprint density at radius 3 is 2.24 bits per heavy atom. The van der Waals surface area contributed by atoms with Gasteiger partial charge >= 0.3 is 0 Å². The zero-order valence-corrected chi connectivity index (χ0v) is 18.2. The van der Waals surface area contributed by atoms with E-state index in [0.29, 0.717) is 24.0 Å². The summed E-state index contributed by atoms with van der Waals surface area (Å²) in [6, 6.07) is 4.47. The Morgan fingerprint density at radius 2 is 1.52 bits per heavy atom. The number of hydrogen-bond acceptors (Lipinski definition) is 6. The minimum absolute atomic E-state index is 0.172. The highest BCUT2D eigenvalue weighted by molar-refractivity contribution is 5.08. The lowest BCUT2D eigenvalue weighted by molar-refractivity contribution is 0.0543. The molecule has 5 N–H and O–H groups in total. The zero-order chi connectivity index (χ0) is 20.0. The van der Waals surface area contributed by atoms with Crippen molar-refractivity contribution in [3.63, 3.8) is 0 Å². The molecule has 0 radical (unpaired) electrons. The van der Waals surface area contributed by atoms with Gasteiger partial charge < -0.3 is 5.32 Å². The van der Waals surface area contributed by atoms with Crippen LogP contribution in [0, 0.1) is 52.3 Å². The van der Waals surface area contributed by atoms with Gasteiger partial charge in [-0.2, -0.15) is 5.26 Å². The minimum Gasteiger partial charge on any atom is -0.312 e. The van der Waals surface area contributed by atoms with Crippen molar-refractivity contribution in [2.45, 2.75) is 76.9 Å². The molecule has 3 aliphatic heterocycles. The Kier molecular flexibility index (Phi) is 5.64. The van der Waals surface area contributed by atoms with Gasteiger partial charge in [0.05, 0.1) is 11.5 Å². The predicted molar refractivity (Wildman–Crippen MR) is 114 cm³/mol. The van der Waals surface area contributed by atoms with Crippen molar-refractivity contribution in [1.82, 2.24) is 27.0 Å². The molecule has 5 fully saturated rings. The van der Waals surface area contributed by atoms with Crippen LogP contribution in [0.3, 0.4) is 0 Å². The molecular weight excluding hydrogens is 360 g/mol. The van der Waals surface area contributed by atoms with Crippen LogP contribution in [0.25, 0.3) is 0 Å². The van der Waals surface area contributed by atoms with Gasteiger partial charge in [-0.25, -0.2) is 0 Å². The molecule has 0 aromatic carbocycles. The molecule has 0 amide bonds. The highest BCUT2D eigenvalue weighted by atomic mass is 15.4. The first-order chi connectivity index (χ1) is 14.1. The van der Waals surface area contributed by atoms with E-state index in [-0.39, 0.29) is 5.41 Å². The normalized spacial score (nSPS) is 46.1. The van der Waals surface area contributed by atoms with Crippen LogP contribution >= 0.6 is 0 Å². The third-order valence-corrected chi connectivity index (χ3v) is 9.46. The molecule has 6 atom stereocenters. The molecule has 6 nitrogen and oxygen atoms in total. The fourth-order valence-electron chi connectivity index (χ4n) is 7.56. The largest absolute Gasteiger partial charge is 0.312 e. The lowest BCUT2D eigenvalue weighted by Gasteiger charge is -2.49. The fraction of sp³-hybridized carbons (Fsp3) is 0.957.